The average Bonchev–Trinajstić information content (AvgIpc) is 2.57. The molecule has 0 bridgehead atoms. The van der Waals surface area contributed by atoms with Gasteiger partial charge in [-0.05, 0) is 29.8 Å². The second-order valence-electron chi connectivity index (χ2n) is 4.76. The first-order chi connectivity index (χ1) is 11.2. The van der Waals surface area contributed by atoms with Crippen LogP contribution < -0.4 is 0 Å². The number of hydrogen-bond acceptors (Lipinski definition) is 4. The van der Waals surface area contributed by atoms with E-state index in [1.807, 2.05) is 42.5 Å². The molecule has 0 heterocycles. The maximum absolute atomic E-state index is 10.9. The molecule has 0 radical (unpaired) electrons. The van der Waals surface area contributed by atoms with Crippen molar-refractivity contribution >= 4 is 23.4 Å². The molecule has 3 nitrogen and oxygen atoms in total. The zero-order valence-electron chi connectivity index (χ0n) is 12.9. The predicted octanol–water partition coefficient (Wildman–Crippen LogP) is 4.52. The molecule has 23 heavy (non-hydrogen) atoms. The van der Waals surface area contributed by atoms with E-state index in [2.05, 4.69) is 23.2 Å². The summed E-state index contributed by atoms with van der Waals surface area (Å²) in [6, 6.07) is 18.1. The third kappa shape index (κ3) is 5.65. The molecule has 4 heteroatoms. The number of terminal acetylenes is 1. The van der Waals surface area contributed by atoms with Crippen LogP contribution in [0.25, 0.3) is 0 Å². The average molecular weight is 323 g/mol. The summed E-state index contributed by atoms with van der Waals surface area (Å²) >= 11 is 1.69. The number of carbonyl (C=O) groups excluding carboxylic acids is 1. The van der Waals surface area contributed by atoms with Gasteiger partial charge in [-0.15, -0.1) is 12.3 Å². The zero-order valence-corrected chi connectivity index (χ0v) is 13.7. The topological polar surface area (TPSA) is 38.7 Å². The third-order valence-electron chi connectivity index (χ3n) is 2.96. The molecule has 0 aliphatic carbocycles. The van der Waals surface area contributed by atoms with E-state index in [1.54, 1.807) is 11.8 Å². The van der Waals surface area contributed by atoms with Crippen molar-refractivity contribution in [3.63, 3.8) is 0 Å². The first kappa shape index (κ1) is 16.9. The van der Waals surface area contributed by atoms with Gasteiger partial charge in [0.25, 0.3) is 0 Å². The van der Waals surface area contributed by atoms with Crippen molar-refractivity contribution in [3.05, 3.63) is 60.2 Å². The summed E-state index contributed by atoms with van der Waals surface area (Å²) in [6.07, 6.45) is 6.41. The Kier molecular flexibility index (Phi) is 6.46. The maximum atomic E-state index is 10.9. The molecule has 2 rings (SSSR count). The minimum absolute atomic E-state index is 0.445. The molecule has 116 valence electrons. The first-order valence-corrected chi connectivity index (χ1v) is 8.02. The lowest BCUT2D eigenvalue weighted by atomic mass is 10.1. The number of nitrogens with zero attached hydrogens (tertiary/aromatic N) is 1. The van der Waals surface area contributed by atoms with Crippen molar-refractivity contribution in [3.8, 4) is 12.3 Å². The van der Waals surface area contributed by atoms with Crippen LogP contribution in [0.4, 0.5) is 0 Å². The fourth-order valence-corrected chi connectivity index (χ4v) is 2.73. The lowest BCUT2D eigenvalue weighted by Gasteiger charge is -2.06. The molecule has 0 amide bonds. The third-order valence-corrected chi connectivity index (χ3v) is 3.97. The summed E-state index contributed by atoms with van der Waals surface area (Å²) in [5.41, 5.74) is 1.58. The van der Waals surface area contributed by atoms with Crippen LogP contribution in [-0.2, 0) is 9.63 Å². The van der Waals surface area contributed by atoms with Gasteiger partial charge in [0.15, 0.2) is 0 Å². The number of oxime groups is 1. The normalized spacial score (nSPS) is 10.9. The van der Waals surface area contributed by atoms with Gasteiger partial charge < -0.3 is 4.84 Å². The van der Waals surface area contributed by atoms with E-state index < -0.39 is 5.97 Å². The molecule has 2 aromatic rings. The Morgan fingerprint density at radius 3 is 2.39 bits per heavy atom. The number of benzene rings is 2. The highest BCUT2D eigenvalue weighted by atomic mass is 32.2. The molecule has 0 atom stereocenters. The molecule has 0 aromatic heterocycles. The van der Waals surface area contributed by atoms with Crippen LogP contribution in [0.3, 0.4) is 0 Å². The van der Waals surface area contributed by atoms with Gasteiger partial charge >= 0.3 is 5.97 Å². The molecular weight excluding hydrogens is 306 g/mol. The van der Waals surface area contributed by atoms with Crippen molar-refractivity contribution in [2.75, 3.05) is 0 Å². The molecule has 0 unspecified atom stereocenters. The van der Waals surface area contributed by atoms with Crippen LogP contribution in [0, 0.1) is 12.3 Å². The molecule has 0 aliphatic rings. The van der Waals surface area contributed by atoms with Gasteiger partial charge in [-0.25, -0.2) is 4.79 Å². The van der Waals surface area contributed by atoms with Crippen LogP contribution >= 0.6 is 11.8 Å². The molecule has 0 N–H and O–H groups in total. The summed E-state index contributed by atoms with van der Waals surface area (Å²) in [6.45, 7) is 1.32. The van der Waals surface area contributed by atoms with Crippen LogP contribution in [0.5, 0.6) is 0 Å². The van der Waals surface area contributed by atoms with Crippen LogP contribution in [0.2, 0.25) is 0 Å². The molecule has 2 aromatic carbocycles. The van der Waals surface area contributed by atoms with Gasteiger partial charge in [0.05, 0.1) is 5.71 Å². The van der Waals surface area contributed by atoms with E-state index in [0.29, 0.717) is 18.6 Å². The quantitative estimate of drug-likeness (QED) is 0.339. The van der Waals surface area contributed by atoms with E-state index in [-0.39, 0.29) is 0 Å². The van der Waals surface area contributed by atoms with Crippen LogP contribution in [-0.4, -0.2) is 11.7 Å². The fraction of sp³-hybridized carbons (Fsp3) is 0.158. The van der Waals surface area contributed by atoms with Gasteiger partial charge in [0, 0.05) is 29.6 Å². The van der Waals surface area contributed by atoms with E-state index in [0.717, 1.165) is 10.5 Å². The lowest BCUT2D eigenvalue weighted by molar-refractivity contribution is -0.140. The van der Waals surface area contributed by atoms with Gasteiger partial charge in [-0.3, -0.25) is 0 Å². The SMILES string of the molecule is C#CCCC(=NOC(C)=O)c1ccc(Sc2ccccc2)cc1. The summed E-state index contributed by atoms with van der Waals surface area (Å²) < 4.78 is 0. The Balaban J connectivity index is 2.13. The van der Waals surface area contributed by atoms with E-state index in [1.165, 1.54) is 11.8 Å². The fourth-order valence-electron chi connectivity index (χ4n) is 1.89. The Hall–Kier alpha value is -2.51. The standard InChI is InChI=1S/C19H17NO2S/c1-3-4-10-19(20-22-15(2)21)16-11-13-18(14-12-16)23-17-8-6-5-7-9-17/h1,5-9,11-14H,4,10H2,2H3. The largest absolute Gasteiger partial charge is 0.331 e. The zero-order chi connectivity index (χ0) is 16.5. The highest BCUT2D eigenvalue weighted by molar-refractivity contribution is 7.99. The van der Waals surface area contributed by atoms with Crippen LogP contribution in [0.15, 0.2) is 69.5 Å². The predicted molar refractivity (Wildman–Crippen MR) is 93.4 cm³/mol. The second-order valence-corrected chi connectivity index (χ2v) is 5.91. The summed E-state index contributed by atoms with van der Waals surface area (Å²) in [7, 11) is 0. The van der Waals surface area contributed by atoms with Gasteiger partial charge in [-0.1, -0.05) is 47.2 Å². The summed E-state index contributed by atoms with van der Waals surface area (Å²) in [5, 5.41) is 3.91. The maximum Gasteiger partial charge on any atom is 0.331 e. The number of carbonyl (C=O) groups is 1. The minimum atomic E-state index is -0.445. The minimum Gasteiger partial charge on any atom is -0.318 e. The van der Waals surface area contributed by atoms with Crippen LogP contribution in [0.1, 0.15) is 25.3 Å². The van der Waals surface area contributed by atoms with Crippen molar-refractivity contribution in [2.24, 2.45) is 5.16 Å². The molecule has 0 saturated carbocycles. The van der Waals surface area contributed by atoms with E-state index in [4.69, 9.17) is 11.3 Å². The Morgan fingerprint density at radius 2 is 1.78 bits per heavy atom. The molecular formula is C19H17NO2S. The van der Waals surface area contributed by atoms with Gasteiger partial charge in [0.1, 0.15) is 0 Å². The Bertz CT molecular complexity index is 715. The number of rotatable bonds is 6. The van der Waals surface area contributed by atoms with Gasteiger partial charge in [-0.2, -0.15) is 0 Å². The monoisotopic (exact) mass is 323 g/mol. The highest BCUT2D eigenvalue weighted by Gasteiger charge is 2.06. The Morgan fingerprint density at radius 1 is 1.13 bits per heavy atom. The molecule has 0 fully saturated rings. The van der Waals surface area contributed by atoms with Crippen molar-refractivity contribution in [1.82, 2.24) is 0 Å². The molecule has 0 spiro atoms. The smallest absolute Gasteiger partial charge is 0.318 e. The first-order valence-electron chi connectivity index (χ1n) is 7.20. The molecule has 0 aliphatic heterocycles. The van der Waals surface area contributed by atoms with Gasteiger partial charge in [0.2, 0.25) is 0 Å². The van der Waals surface area contributed by atoms with Crippen molar-refractivity contribution in [1.29, 1.82) is 0 Å². The molecule has 0 saturated heterocycles. The van der Waals surface area contributed by atoms with Crippen molar-refractivity contribution < 1.29 is 9.63 Å². The number of hydrogen-bond donors (Lipinski definition) is 0. The summed E-state index contributed by atoms with van der Waals surface area (Å²) in [4.78, 5) is 18.0. The lowest BCUT2D eigenvalue weighted by Crippen LogP contribution is -2.04. The van der Waals surface area contributed by atoms with Crippen molar-refractivity contribution in [2.45, 2.75) is 29.6 Å². The second kappa shape index (κ2) is 8.82. The Labute approximate surface area is 140 Å². The highest BCUT2D eigenvalue weighted by Crippen LogP contribution is 2.27. The van der Waals surface area contributed by atoms with E-state index in [9.17, 15) is 4.79 Å². The summed E-state index contributed by atoms with van der Waals surface area (Å²) in [5.74, 6) is 2.13. The van der Waals surface area contributed by atoms with E-state index >= 15 is 0 Å².